The lowest BCUT2D eigenvalue weighted by atomic mass is 10.2. The molecule has 0 amide bonds. The molecule has 0 aromatic carbocycles. The zero-order valence-corrected chi connectivity index (χ0v) is 8.00. The number of hydrogen-bond acceptors (Lipinski definition) is 3. The largest absolute Gasteiger partial charge is 0.395 e. The number of rotatable bonds is 6. The first kappa shape index (κ1) is 9.96. The molecule has 0 saturated carbocycles. The highest BCUT2D eigenvalue weighted by Crippen LogP contribution is 2.05. The van der Waals surface area contributed by atoms with E-state index in [1.165, 1.54) is 32.5 Å². The Balaban J connectivity index is 1.86. The van der Waals surface area contributed by atoms with Crippen molar-refractivity contribution in [1.82, 2.24) is 9.80 Å². The number of aliphatic hydroxyl groups is 1. The predicted octanol–water partition coefficient (Wildman–Crippen LogP) is 0.00630. The van der Waals surface area contributed by atoms with Crippen LogP contribution in [0.25, 0.3) is 0 Å². The van der Waals surface area contributed by atoms with Gasteiger partial charge in [-0.1, -0.05) is 0 Å². The van der Waals surface area contributed by atoms with Crippen LogP contribution >= 0.6 is 0 Å². The molecule has 0 radical (unpaired) electrons. The summed E-state index contributed by atoms with van der Waals surface area (Å²) in [5.74, 6) is 0. The van der Waals surface area contributed by atoms with Crippen molar-refractivity contribution < 1.29 is 5.11 Å². The fourth-order valence-electron chi connectivity index (χ4n) is 1.45. The van der Waals surface area contributed by atoms with Gasteiger partial charge in [0.05, 0.1) is 6.61 Å². The zero-order valence-electron chi connectivity index (χ0n) is 8.00. The van der Waals surface area contributed by atoms with Crippen molar-refractivity contribution in [3.05, 3.63) is 0 Å². The van der Waals surface area contributed by atoms with E-state index in [2.05, 4.69) is 16.8 Å². The van der Waals surface area contributed by atoms with Crippen LogP contribution in [-0.4, -0.2) is 61.3 Å². The Morgan fingerprint density at radius 1 is 1.33 bits per heavy atom. The molecule has 3 nitrogen and oxygen atoms in total. The van der Waals surface area contributed by atoms with E-state index in [9.17, 15) is 0 Å². The Hall–Kier alpha value is -0.120. The molecule has 1 aliphatic heterocycles. The first-order chi connectivity index (χ1) is 5.83. The molecule has 1 rings (SSSR count). The molecule has 0 aliphatic carbocycles. The van der Waals surface area contributed by atoms with Crippen molar-refractivity contribution in [2.45, 2.75) is 12.8 Å². The lowest BCUT2D eigenvalue weighted by Gasteiger charge is -2.31. The minimum Gasteiger partial charge on any atom is -0.395 e. The number of aliphatic hydroxyl groups excluding tert-OH is 1. The first-order valence-electron chi connectivity index (χ1n) is 4.84. The van der Waals surface area contributed by atoms with Crippen LogP contribution < -0.4 is 0 Å². The van der Waals surface area contributed by atoms with Gasteiger partial charge in [0.2, 0.25) is 0 Å². The van der Waals surface area contributed by atoms with E-state index in [4.69, 9.17) is 5.11 Å². The summed E-state index contributed by atoms with van der Waals surface area (Å²) in [6, 6.07) is 0. The molecule has 1 aliphatic rings. The average Bonchev–Trinajstić information content (AvgIpc) is 1.95. The minimum atomic E-state index is 0.278. The van der Waals surface area contributed by atoms with Crippen LogP contribution in [-0.2, 0) is 0 Å². The highest BCUT2D eigenvalue weighted by atomic mass is 16.3. The third-order valence-corrected chi connectivity index (χ3v) is 2.44. The predicted molar refractivity (Wildman–Crippen MR) is 50.3 cm³/mol. The molecule has 0 unspecified atom stereocenters. The second-order valence-electron chi connectivity index (χ2n) is 3.58. The highest BCUT2D eigenvalue weighted by molar-refractivity contribution is 4.68. The lowest BCUT2D eigenvalue weighted by Crippen LogP contribution is -2.38. The van der Waals surface area contributed by atoms with Crippen molar-refractivity contribution in [2.75, 3.05) is 46.4 Å². The molecule has 1 N–H and O–H groups in total. The average molecular weight is 172 g/mol. The number of hydrogen-bond donors (Lipinski definition) is 1. The summed E-state index contributed by atoms with van der Waals surface area (Å²) in [6.45, 7) is 6.01. The van der Waals surface area contributed by atoms with Gasteiger partial charge in [-0.05, 0) is 46.1 Å². The summed E-state index contributed by atoms with van der Waals surface area (Å²) >= 11 is 0. The van der Waals surface area contributed by atoms with Gasteiger partial charge in [-0.15, -0.1) is 0 Å². The first-order valence-corrected chi connectivity index (χ1v) is 4.84. The number of likely N-dealkylation sites (N-methyl/N-ethyl adjacent to an activating group) is 1. The molecule has 12 heavy (non-hydrogen) atoms. The quantitative estimate of drug-likeness (QED) is 0.611. The van der Waals surface area contributed by atoms with Crippen LogP contribution in [0, 0.1) is 0 Å². The van der Waals surface area contributed by atoms with E-state index in [1.807, 2.05) is 0 Å². The maximum atomic E-state index is 8.65. The van der Waals surface area contributed by atoms with E-state index in [1.54, 1.807) is 0 Å². The molecule has 0 bridgehead atoms. The van der Waals surface area contributed by atoms with Gasteiger partial charge in [0.1, 0.15) is 0 Å². The Bertz CT molecular complexity index is 115. The van der Waals surface area contributed by atoms with Gasteiger partial charge in [0.15, 0.2) is 0 Å². The van der Waals surface area contributed by atoms with Crippen LogP contribution in [0.1, 0.15) is 12.8 Å². The maximum absolute atomic E-state index is 8.65. The molecular formula is C9H20N2O. The summed E-state index contributed by atoms with van der Waals surface area (Å²) in [4.78, 5) is 4.66. The van der Waals surface area contributed by atoms with Gasteiger partial charge in [-0.3, -0.25) is 0 Å². The van der Waals surface area contributed by atoms with Crippen LogP contribution in [0.2, 0.25) is 0 Å². The lowest BCUT2D eigenvalue weighted by molar-refractivity contribution is 0.164. The summed E-state index contributed by atoms with van der Waals surface area (Å²) in [7, 11) is 2.06. The summed E-state index contributed by atoms with van der Waals surface area (Å²) in [5, 5.41) is 8.65. The summed E-state index contributed by atoms with van der Waals surface area (Å²) < 4.78 is 0. The van der Waals surface area contributed by atoms with Crippen molar-refractivity contribution in [2.24, 2.45) is 0 Å². The van der Waals surface area contributed by atoms with Gasteiger partial charge >= 0.3 is 0 Å². The summed E-state index contributed by atoms with van der Waals surface area (Å²) in [6.07, 6.45) is 2.61. The molecule has 1 fully saturated rings. The van der Waals surface area contributed by atoms with Crippen molar-refractivity contribution in [3.8, 4) is 0 Å². The van der Waals surface area contributed by atoms with Crippen molar-refractivity contribution in [1.29, 1.82) is 0 Å². The topological polar surface area (TPSA) is 26.7 Å². The van der Waals surface area contributed by atoms with Crippen LogP contribution in [0.3, 0.4) is 0 Å². The highest BCUT2D eigenvalue weighted by Gasteiger charge is 2.12. The van der Waals surface area contributed by atoms with Crippen molar-refractivity contribution >= 4 is 0 Å². The van der Waals surface area contributed by atoms with Gasteiger partial charge in [0.25, 0.3) is 0 Å². The Morgan fingerprint density at radius 3 is 2.58 bits per heavy atom. The van der Waals surface area contributed by atoms with Crippen LogP contribution in [0.15, 0.2) is 0 Å². The second kappa shape index (κ2) is 5.51. The van der Waals surface area contributed by atoms with E-state index < -0.39 is 0 Å². The SMILES string of the molecule is CN(CCO)CCCN1CCC1. The van der Waals surface area contributed by atoms with E-state index in [0.717, 1.165) is 13.1 Å². The molecule has 3 heteroatoms. The molecule has 0 aromatic heterocycles. The number of nitrogens with zero attached hydrogens (tertiary/aromatic N) is 2. The maximum Gasteiger partial charge on any atom is 0.0558 e. The Labute approximate surface area is 75.0 Å². The Kier molecular flexibility index (Phi) is 4.58. The van der Waals surface area contributed by atoms with Gasteiger partial charge in [-0.2, -0.15) is 0 Å². The smallest absolute Gasteiger partial charge is 0.0558 e. The zero-order chi connectivity index (χ0) is 8.81. The van der Waals surface area contributed by atoms with E-state index >= 15 is 0 Å². The van der Waals surface area contributed by atoms with Crippen molar-refractivity contribution in [3.63, 3.8) is 0 Å². The Morgan fingerprint density at radius 2 is 2.08 bits per heavy atom. The van der Waals surface area contributed by atoms with E-state index in [-0.39, 0.29) is 6.61 Å². The van der Waals surface area contributed by atoms with Gasteiger partial charge < -0.3 is 14.9 Å². The van der Waals surface area contributed by atoms with E-state index in [0.29, 0.717) is 0 Å². The fourth-order valence-corrected chi connectivity index (χ4v) is 1.45. The third kappa shape index (κ3) is 3.52. The second-order valence-corrected chi connectivity index (χ2v) is 3.58. The molecule has 0 aromatic rings. The van der Waals surface area contributed by atoms with Crippen LogP contribution in [0.4, 0.5) is 0 Å². The van der Waals surface area contributed by atoms with Gasteiger partial charge in [-0.25, -0.2) is 0 Å². The third-order valence-electron chi connectivity index (χ3n) is 2.44. The number of likely N-dealkylation sites (tertiary alicyclic amines) is 1. The molecule has 0 spiro atoms. The molecular weight excluding hydrogens is 152 g/mol. The summed E-state index contributed by atoms with van der Waals surface area (Å²) in [5.41, 5.74) is 0. The molecule has 72 valence electrons. The molecule has 0 atom stereocenters. The standard InChI is InChI=1S/C9H20N2O/c1-10(8-9-12)4-2-5-11-6-3-7-11/h12H,2-9H2,1H3. The normalized spacial score (nSPS) is 18.2. The minimum absolute atomic E-state index is 0.278. The monoisotopic (exact) mass is 172 g/mol. The van der Waals surface area contributed by atoms with Gasteiger partial charge in [0, 0.05) is 6.54 Å². The fraction of sp³-hybridized carbons (Fsp3) is 1.00. The van der Waals surface area contributed by atoms with Crippen LogP contribution in [0.5, 0.6) is 0 Å². The molecule has 1 saturated heterocycles. The molecule has 1 heterocycles.